The number of benzene rings is 1. The van der Waals surface area contributed by atoms with E-state index in [1.54, 1.807) is 20.8 Å². The van der Waals surface area contributed by atoms with Crippen LogP contribution in [-0.4, -0.2) is 38.0 Å². The predicted octanol–water partition coefficient (Wildman–Crippen LogP) is 2.21. The third-order valence-electron chi connectivity index (χ3n) is 3.48. The Bertz CT molecular complexity index is 791. The maximum absolute atomic E-state index is 13.2. The molecule has 0 spiro atoms. The standard InChI is InChI=1S/C15H16ClFN4O3/c1-7(2)12(15(23)24)18-14(22)13-8(3)21(20-19-13)9-4-5-11(17)10(16)6-9/h4-7,12H,1-3H3,(H,18,22)(H,23,24)/t12-/m1/s1. The van der Waals surface area contributed by atoms with Gasteiger partial charge >= 0.3 is 5.97 Å². The number of rotatable bonds is 5. The van der Waals surface area contributed by atoms with Gasteiger partial charge in [0.15, 0.2) is 5.69 Å². The third-order valence-corrected chi connectivity index (χ3v) is 3.77. The Morgan fingerprint density at radius 1 is 1.38 bits per heavy atom. The van der Waals surface area contributed by atoms with Gasteiger partial charge in [-0.2, -0.15) is 0 Å². The minimum atomic E-state index is -1.13. The fraction of sp³-hybridized carbons (Fsp3) is 0.333. The number of aromatic nitrogens is 3. The molecule has 1 atom stereocenters. The van der Waals surface area contributed by atoms with Crippen LogP contribution in [0.25, 0.3) is 5.69 Å². The topological polar surface area (TPSA) is 97.1 Å². The largest absolute Gasteiger partial charge is 0.480 e. The summed E-state index contributed by atoms with van der Waals surface area (Å²) in [6.07, 6.45) is 0. The zero-order valence-corrected chi connectivity index (χ0v) is 14.0. The molecule has 2 aromatic rings. The molecule has 0 aliphatic heterocycles. The average Bonchev–Trinajstić information content (AvgIpc) is 2.88. The Hall–Kier alpha value is -2.48. The number of hydrogen-bond acceptors (Lipinski definition) is 4. The molecule has 24 heavy (non-hydrogen) atoms. The van der Waals surface area contributed by atoms with E-state index >= 15 is 0 Å². The van der Waals surface area contributed by atoms with Crippen molar-refractivity contribution in [1.29, 1.82) is 0 Å². The van der Waals surface area contributed by atoms with Gasteiger partial charge in [-0.1, -0.05) is 30.7 Å². The highest BCUT2D eigenvalue weighted by atomic mass is 35.5. The van der Waals surface area contributed by atoms with Gasteiger partial charge in [-0.25, -0.2) is 13.9 Å². The molecule has 1 amide bonds. The molecule has 1 aromatic heterocycles. The number of halogens is 2. The third kappa shape index (κ3) is 3.53. The van der Waals surface area contributed by atoms with E-state index in [4.69, 9.17) is 16.7 Å². The normalized spacial score (nSPS) is 12.2. The molecule has 0 radical (unpaired) electrons. The second kappa shape index (κ2) is 6.96. The lowest BCUT2D eigenvalue weighted by Gasteiger charge is -2.17. The van der Waals surface area contributed by atoms with E-state index in [-0.39, 0.29) is 16.6 Å². The fourth-order valence-corrected chi connectivity index (χ4v) is 2.30. The summed E-state index contributed by atoms with van der Waals surface area (Å²) in [5.74, 6) is -2.64. The minimum absolute atomic E-state index is 0.0117. The van der Waals surface area contributed by atoms with E-state index in [0.29, 0.717) is 11.4 Å². The number of carbonyl (C=O) groups is 2. The van der Waals surface area contributed by atoms with Crippen LogP contribution >= 0.6 is 11.6 Å². The molecule has 2 N–H and O–H groups in total. The van der Waals surface area contributed by atoms with Crippen molar-refractivity contribution in [3.8, 4) is 5.69 Å². The molecule has 0 bridgehead atoms. The highest BCUT2D eigenvalue weighted by molar-refractivity contribution is 6.30. The Labute approximate surface area is 142 Å². The van der Waals surface area contributed by atoms with E-state index in [9.17, 15) is 14.0 Å². The summed E-state index contributed by atoms with van der Waals surface area (Å²) in [6, 6.07) is 2.94. The minimum Gasteiger partial charge on any atom is -0.480 e. The van der Waals surface area contributed by atoms with E-state index in [2.05, 4.69) is 15.6 Å². The maximum Gasteiger partial charge on any atom is 0.326 e. The summed E-state index contributed by atoms with van der Waals surface area (Å²) in [7, 11) is 0. The van der Waals surface area contributed by atoms with Crippen LogP contribution in [0, 0.1) is 18.7 Å². The van der Waals surface area contributed by atoms with Crippen LogP contribution in [-0.2, 0) is 4.79 Å². The number of carboxylic acids is 1. The molecule has 128 valence electrons. The van der Waals surface area contributed by atoms with Gasteiger partial charge in [0.05, 0.1) is 16.4 Å². The first-order valence-corrected chi connectivity index (χ1v) is 7.51. The number of nitrogens with zero attached hydrogens (tertiary/aromatic N) is 3. The molecule has 0 saturated heterocycles. The summed E-state index contributed by atoms with van der Waals surface area (Å²) in [5, 5.41) is 19.1. The Morgan fingerprint density at radius 2 is 2.04 bits per heavy atom. The van der Waals surface area contributed by atoms with Crippen molar-refractivity contribution in [3.63, 3.8) is 0 Å². The molecule has 1 heterocycles. The second-order valence-electron chi connectivity index (χ2n) is 5.57. The first kappa shape index (κ1) is 17.9. The second-order valence-corrected chi connectivity index (χ2v) is 5.97. The van der Waals surface area contributed by atoms with Crippen LogP contribution in [0.5, 0.6) is 0 Å². The smallest absolute Gasteiger partial charge is 0.326 e. The lowest BCUT2D eigenvalue weighted by molar-refractivity contribution is -0.140. The Morgan fingerprint density at radius 3 is 2.58 bits per heavy atom. The highest BCUT2D eigenvalue weighted by Crippen LogP contribution is 2.20. The number of carbonyl (C=O) groups excluding carboxylic acids is 1. The predicted molar refractivity (Wildman–Crippen MR) is 84.8 cm³/mol. The van der Waals surface area contributed by atoms with Gasteiger partial charge in [-0.15, -0.1) is 5.10 Å². The molecule has 9 heteroatoms. The average molecular weight is 355 g/mol. The van der Waals surface area contributed by atoms with E-state index in [0.717, 1.165) is 0 Å². The summed E-state index contributed by atoms with van der Waals surface area (Å²) in [5.41, 5.74) is 0.800. The first-order chi connectivity index (χ1) is 11.2. The van der Waals surface area contributed by atoms with Crippen molar-refractivity contribution < 1.29 is 19.1 Å². The molecule has 7 nitrogen and oxygen atoms in total. The van der Waals surface area contributed by atoms with Crippen molar-refractivity contribution in [2.24, 2.45) is 5.92 Å². The molecule has 0 fully saturated rings. The number of carboxylic acid groups (broad SMARTS) is 1. The molecule has 0 saturated carbocycles. The summed E-state index contributed by atoms with van der Waals surface area (Å²) in [4.78, 5) is 23.5. The molecule has 0 aliphatic carbocycles. The van der Waals surface area contributed by atoms with E-state index in [1.165, 1.54) is 22.9 Å². The van der Waals surface area contributed by atoms with E-state index < -0.39 is 23.7 Å². The lowest BCUT2D eigenvalue weighted by atomic mass is 10.0. The van der Waals surface area contributed by atoms with Crippen LogP contribution < -0.4 is 5.32 Å². The number of amides is 1. The van der Waals surface area contributed by atoms with Crippen molar-refractivity contribution in [2.45, 2.75) is 26.8 Å². The van der Waals surface area contributed by atoms with Gasteiger partial charge in [-0.3, -0.25) is 4.79 Å². The van der Waals surface area contributed by atoms with Crippen LogP contribution in [0.1, 0.15) is 30.0 Å². The zero-order valence-electron chi connectivity index (χ0n) is 13.2. The molecular formula is C15H16ClFN4O3. The number of hydrogen-bond donors (Lipinski definition) is 2. The van der Waals surface area contributed by atoms with Crippen molar-refractivity contribution in [2.75, 3.05) is 0 Å². The van der Waals surface area contributed by atoms with Gasteiger partial charge in [-0.05, 0) is 31.0 Å². The molecule has 0 aliphatic rings. The molecule has 1 aromatic carbocycles. The van der Waals surface area contributed by atoms with Crippen LogP contribution in [0.2, 0.25) is 5.02 Å². The van der Waals surface area contributed by atoms with E-state index in [1.807, 2.05) is 0 Å². The SMILES string of the molecule is Cc1c(C(=O)N[C@@H](C(=O)O)C(C)C)nnn1-c1ccc(F)c(Cl)c1. The fourth-order valence-electron chi connectivity index (χ4n) is 2.12. The zero-order chi connectivity index (χ0) is 18.0. The highest BCUT2D eigenvalue weighted by Gasteiger charge is 2.26. The van der Waals surface area contributed by atoms with Gasteiger partial charge in [0.1, 0.15) is 11.9 Å². The first-order valence-electron chi connectivity index (χ1n) is 7.13. The van der Waals surface area contributed by atoms with Crippen LogP contribution in [0.4, 0.5) is 4.39 Å². The van der Waals surface area contributed by atoms with Gasteiger partial charge < -0.3 is 10.4 Å². The quantitative estimate of drug-likeness (QED) is 0.858. The monoisotopic (exact) mass is 354 g/mol. The summed E-state index contributed by atoms with van der Waals surface area (Å²) >= 11 is 5.74. The van der Waals surface area contributed by atoms with Crippen molar-refractivity contribution in [3.05, 3.63) is 40.4 Å². The Balaban J connectivity index is 2.30. The van der Waals surface area contributed by atoms with Gasteiger partial charge in [0.25, 0.3) is 5.91 Å². The van der Waals surface area contributed by atoms with Crippen molar-refractivity contribution in [1.82, 2.24) is 20.3 Å². The van der Waals surface area contributed by atoms with Crippen LogP contribution in [0.15, 0.2) is 18.2 Å². The molecule has 0 unspecified atom stereocenters. The van der Waals surface area contributed by atoms with Gasteiger partial charge in [0.2, 0.25) is 0 Å². The molecule has 2 rings (SSSR count). The molecular weight excluding hydrogens is 339 g/mol. The van der Waals surface area contributed by atoms with Crippen molar-refractivity contribution >= 4 is 23.5 Å². The lowest BCUT2D eigenvalue weighted by Crippen LogP contribution is -2.44. The van der Waals surface area contributed by atoms with Crippen LogP contribution in [0.3, 0.4) is 0 Å². The Kier molecular flexibility index (Phi) is 5.18. The number of nitrogens with one attached hydrogen (secondary N) is 1. The van der Waals surface area contributed by atoms with Gasteiger partial charge in [0, 0.05) is 0 Å². The maximum atomic E-state index is 13.2. The number of aliphatic carboxylic acids is 1. The summed E-state index contributed by atoms with van der Waals surface area (Å²) < 4.78 is 14.6. The summed E-state index contributed by atoms with van der Waals surface area (Å²) in [6.45, 7) is 4.96.